The van der Waals surface area contributed by atoms with Crippen LogP contribution < -0.4 is 10.5 Å². The zero-order valence-electron chi connectivity index (χ0n) is 11.9. The quantitative estimate of drug-likeness (QED) is 0.610. The number of rotatable bonds is 4. The summed E-state index contributed by atoms with van der Waals surface area (Å²) in [6.45, 7) is 0. The number of sulfonamides is 1. The molecule has 3 N–H and O–H groups in total. The maximum Gasteiger partial charge on any atom is 0.224 e. The van der Waals surface area contributed by atoms with Crippen LogP contribution in [0.1, 0.15) is 5.56 Å². The van der Waals surface area contributed by atoms with E-state index in [4.69, 9.17) is 16.7 Å². The van der Waals surface area contributed by atoms with Crippen molar-refractivity contribution in [1.29, 1.82) is 0 Å². The number of hydrogen-bond acceptors (Lipinski definition) is 7. The minimum Gasteiger partial charge on any atom is -0.339 e. The minimum atomic E-state index is -3.78. The Bertz CT molecular complexity index is 1030. The van der Waals surface area contributed by atoms with Crippen LogP contribution in [0.4, 0.5) is 11.5 Å². The van der Waals surface area contributed by atoms with Gasteiger partial charge in [0.25, 0.3) is 0 Å². The molecule has 11 heteroatoms. The van der Waals surface area contributed by atoms with Gasteiger partial charge in [0, 0.05) is 29.8 Å². The van der Waals surface area contributed by atoms with Gasteiger partial charge in [-0.3, -0.25) is 9.97 Å². The van der Waals surface area contributed by atoms with Crippen molar-refractivity contribution in [2.75, 3.05) is 5.32 Å². The third-order valence-electron chi connectivity index (χ3n) is 3.06. The first kappa shape index (κ1) is 17.0. The zero-order chi connectivity index (χ0) is 17.3. The van der Waals surface area contributed by atoms with E-state index >= 15 is 0 Å². The molecule has 2 heterocycles. The Labute approximate surface area is 150 Å². The summed E-state index contributed by atoms with van der Waals surface area (Å²) in [5.74, 6) is -0.0177. The number of benzene rings is 1. The van der Waals surface area contributed by atoms with E-state index in [-0.39, 0.29) is 5.28 Å². The molecule has 0 amide bonds. The number of nitrogens with one attached hydrogen (secondary N) is 1. The summed E-state index contributed by atoms with van der Waals surface area (Å²) in [5.41, 5.74) is 1.87. The highest BCUT2D eigenvalue weighted by atomic mass is 79.9. The van der Waals surface area contributed by atoms with Gasteiger partial charge >= 0.3 is 0 Å². The fourth-order valence-corrected chi connectivity index (χ4v) is 3.24. The summed E-state index contributed by atoms with van der Waals surface area (Å²) in [4.78, 5) is 16.3. The number of primary sulfonamides is 1. The van der Waals surface area contributed by atoms with Crippen LogP contribution >= 0.6 is 27.5 Å². The van der Waals surface area contributed by atoms with Crippen LogP contribution in [0.25, 0.3) is 11.0 Å². The molecular weight excluding hydrogens is 420 g/mol. The highest BCUT2D eigenvalue weighted by Gasteiger charge is 2.16. The summed E-state index contributed by atoms with van der Waals surface area (Å²) in [5, 5.41) is 8.29. The number of anilines is 2. The molecule has 0 aliphatic rings. The molecule has 0 aliphatic heterocycles. The van der Waals surface area contributed by atoms with Crippen LogP contribution in [0, 0.1) is 0 Å². The van der Waals surface area contributed by atoms with E-state index in [1.807, 2.05) is 0 Å². The second-order valence-corrected chi connectivity index (χ2v) is 7.59. The van der Waals surface area contributed by atoms with Gasteiger partial charge in [0.15, 0.2) is 0 Å². The minimum absolute atomic E-state index is 0.0503. The van der Waals surface area contributed by atoms with Gasteiger partial charge in [-0.15, -0.1) is 0 Å². The monoisotopic (exact) mass is 428 g/mol. The summed E-state index contributed by atoms with van der Waals surface area (Å²) in [6, 6.07) is 3.40. The fraction of sp³-hybridized carbons (Fsp3) is 0.0769. The molecule has 1 aromatic carbocycles. The Morgan fingerprint density at radius 2 is 1.96 bits per heavy atom. The van der Waals surface area contributed by atoms with Gasteiger partial charge < -0.3 is 5.32 Å². The SMILES string of the molecule is NS(=O)(=O)Cc1c(Nc2nc(Cl)ncc2Br)ccc2nccnc12. The van der Waals surface area contributed by atoms with Crippen molar-refractivity contribution in [3.8, 4) is 0 Å². The Hall–Kier alpha value is -1.88. The molecule has 0 spiro atoms. The number of halogens is 2. The second kappa shape index (κ2) is 6.55. The van der Waals surface area contributed by atoms with Crippen LogP contribution in [0.3, 0.4) is 0 Å². The molecule has 0 radical (unpaired) electrons. The first-order valence-corrected chi connectivity index (χ1v) is 9.40. The van der Waals surface area contributed by atoms with Gasteiger partial charge in [0.2, 0.25) is 15.3 Å². The van der Waals surface area contributed by atoms with Crippen molar-refractivity contribution in [3.63, 3.8) is 0 Å². The van der Waals surface area contributed by atoms with Crippen molar-refractivity contribution in [3.05, 3.63) is 46.0 Å². The highest BCUT2D eigenvalue weighted by molar-refractivity contribution is 9.10. The normalized spacial score (nSPS) is 11.6. The highest BCUT2D eigenvalue weighted by Crippen LogP contribution is 2.30. The Kier molecular flexibility index (Phi) is 4.63. The van der Waals surface area contributed by atoms with Crippen LogP contribution in [0.5, 0.6) is 0 Å². The van der Waals surface area contributed by atoms with Gasteiger partial charge in [-0.05, 0) is 39.7 Å². The molecule has 2 aromatic heterocycles. The lowest BCUT2D eigenvalue weighted by Crippen LogP contribution is -2.16. The van der Waals surface area contributed by atoms with E-state index < -0.39 is 15.8 Å². The molecule has 0 saturated heterocycles. The third kappa shape index (κ3) is 3.78. The van der Waals surface area contributed by atoms with E-state index in [2.05, 4.69) is 41.2 Å². The largest absolute Gasteiger partial charge is 0.339 e. The van der Waals surface area contributed by atoms with Gasteiger partial charge in [0.1, 0.15) is 5.82 Å². The topological polar surface area (TPSA) is 124 Å². The van der Waals surface area contributed by atoms with E-state index in [0.717, 1.165) is 0 Å². The van der Waals surface area contributed by atoms with Gasteiger partial charge in [-0.2, -0.15) is 4.98 Å². The fourth-order valence-electron chi connectivity index (χ4n) is 2.12. The first-order chi connectivity index (χ1) is 11.3. The molecule has 0 aliphatic carbocycles. The smallest absolute Gasteiger partial charge is 0.224 e. The summed E-state index contributed by atoms with van der Waals surface area (Å²) < 4.78 is 23.8. The maximum atomic E-state index is 11.6. The van der Waals surface area contributed by atoms with Crippen molar-refractivity contribution in [1.82, 2.24) is 19.9 Å². The standard InChI is InChI=1S/C13H10BrClN6O2S/c14-8-5-19-13(15)21-12(8)20-9-1-2-10-11(18-4-3-17-10)7(9)6-24(16,22)23/h1-5H,6H2,(H2,16,22,23)(H,19,20,21). The number of nitrogens with two attached hydrogens (primary N) is 1. The van der Waals surface area contributed by atoms with E-state index in [0.29, 0.717) is 32.6 Å². The molecule has 0 atom stereocenters. The molecule has 24 heavy (non-hydrogen) atoms. The van der Waals surface area contributed by atoms with Crippen molar-refractivity contribution < 1.29 is 8.42 Å². The van der Waals surface area contributed by atoms with Crippen LogP contribution in [0.15, 0.2) is 35.2 Å². The van der Waals surface area contributed by atoms with E-state index in [1.54, 1.807) is 12.1 Å². The van der Waals surface area contributed by atoms with Gasteiger partial charge in [-0.25, -0.2) is 18.5 Å². The summed E-state index contributed by atoms with van der Waals surface area (Å²) >= 11 is 9.11. The third-order valence-corrected chi connectivity index (χ3v) is 4.51. The molecule has 8 nitrogen and oxygen atoms in total. The maximum absolute atomic E-state index is 11.6. The molecule has 0 bridgehead atoms. The van der Waals surface area contributed by atoms with Crippen LogP contribution in [-0.2, 0) is 15.8 Å². The van der Waals surface area contributed by atoms with Crippen molar-refractivity contribution in [2.24, 2.45) is 5.14 Å². The average molecular weight is 430 g/mol. The lowest BCUT2D eigenvalue weighted by atomic mass is 10.1. The molecule has 0 saturated carbocycles. The predicted molar refractivity (Wildman–Crippen MR) is 94.4 cm³/mol. The Morgan fingerprint density at radius 1 is 1.21 bits per heavy atom. The number of nitrogens with zero attached hydrogens (tertiary/aromatic N) is 4. The Balaban J connectivity index is 2.16. The average Bonchev–Trinajstić information content (AvgIpc) is 2.52. The number of hydrogen-bond donors (Lipinski definition) is 2. The summed E-state index contributed by atoms with van der Waals surface area (Å²) in [7, 11) is -3.78. The van der Waals surface area contributed by atoms with E-state index in [1.165, 1.54) is 18.6 Å². The summed E-state index contributed by atoms with van der Waals surface area (Å²) in [6.07, 6.45) is 4.49. The first-order valence-electron chi connectivity index (χ1n) is 6.51. The molecule has 3 rings (SSSR count). The van der Waals surface area contributed by atoms with Gasteiger partial charge in [0.05, 0.1) is 21.3 Å². The molecule has 0 unspecified atom stereocenters. The van der Waals surface area contributed by atoms with E-state index in [9.17, 15) is 8.42 Å². The molecule has 3 aromatic rings. The van der Waals surface area contributed by atoms with Crippen molar-refractivity contribution in [2.45, 2.75) is 5.75 Å². The number of fused-ring (bicyclic) bond motifs is 1. The molecular formula is C13H10BrClN6O2S. The van der Waals surface area contributed by atoms with Crippen LogP contribution in [-0.4, -0.2) is 28.4 Å². The molecule has 0 fully saturated rings. The van der Waals surface area contributed by atoms with Crippen LogP contribution in [0.2, 0.25) is 5.28 Å². The molecule has 124 valence electrons. The second-order valence-electron chi connectivity index (χ2n) is 4.78. The number of aromatic nitrogens is 4. The Morgan fingerprint density at radius 3 is 2.71 bits per heavy atom. The lowest BCUT2D eigenvalue weighted by molar-refractivity contribution is 0.597. The predicted octanol–water partition coefficient (Wildman–Crippen LogP) is 2.37. The lowest BCUT2D eigenvalue weighted by Gasteiger charge is -2.13. The zero-order valence-corrected chi connectivity index (χ0v) is 15.1. The van der Waals surface area contributed by atoms with Crippen molar-refractivity contribution >= 4 is 60.1 Å². The van der Waals surface area contributed by atoms with Gasteiger partial charge in [-0.1, -0.05) is 0 Å².